The topological polar surface area (TPSA) is 43.4 Å². The van der Waals surface area contributed by atoms with Crippen molar-refractivity contribution in [2.24, 2.45) is 5.92 Å². The van der Waals surface area contributed by atoms with E-state index < -0.39 is 11.9 Å². The Morgan fingerprint density at radius 2 is 1.76 bits per heavy atom. The number of carbonyl (C=O) groups excluding carboxylic acids is 2. The van der Waals surface area contributed by atoms with Gasteiger partial charge in [-0.15, -0.1) is 0 Å². The fourth-order valence-electron chi connectivity index (χ4n) is 1.41. The van der Waals surface area contributed by atoms with Crippen LogP contribution in [0.1, 0.15) is 23.7 Å². The summed E-state index contributed by atoms with van der Waals surface area (Å²) in [4.78, 5) is 23.0. The summed E-state index contributed by atoms with van der Waals surface area (Å²) in [6.07, 6.45) is 0.0411. The second kappa shape index (κ2) is 6.03. The molecule has 1 aromatic carbocycles. The molecule has 92 valence electrons. The molecule has 0 heterocycles. The van der Waals surface area contributed by atoms with E-state index >= 15 is 0 Å². The lowest BCUT2D eigenvalue weighted by Crippen LogP contribution is -2.16. The first-order valence-electron chi connectivity index (χ1n) is 5.01. The van der Waals surface area contributed by atoms with E-state index in [9.17, 15) is 9.59 Å². The molecule has 3 nitrogen and oxygen atoms in total. The molecule has 1 unspecified atom stereocenters. The van der Waals surface area contributed by atoms with Crippen LogP contribution in [-0.4, -0.2) is 18.9 Å². The van der Waals surface area contributed by atoms with Crippen molar-refractivity contribution in [3.63, 3.8) is 0 Å². The quantitative estimate of drug-likeness (QED) is 0.625. The van der Waals surface area contributed by atoms with Gasteiger partial charge in [0.25, 0.3) is 0 Å². The minimum atomic E-state index is -0.461. The highest BCUT2D eigenvalue weighted by atomic mass is 35.5. The zero-order valence-electron chi connectivity index (χ0n) is 9.50. The Balaban J connectivity index is 2.85. The predicted molar refractivity (Wildman–Crippen MR) is 66.6 cm³/mol. The lowest BCUT2D eigenvalue weighted by molar-refractivity contribution is -0.141. The Hall–Kier alpha value is -1.06. The lowest BCUT2D eigenvalue weighted by atomic mass is 9.96. The van der Waals surface area contributed by atoms with Crippen LogP contribution in [0.3, 0.4) is 0 Å². The molecular formula is C12H12Cl2O3. The van der Waals surface area contributed by atoms with Crippen molar-refractivity contribution in [1.29, 1.82) is 0 Å². The molecule has 1 aromatic rings. The first-order chi connectivity index (χ1) is 7.93. The third-order valence-electron chi connectivity index (χ3n) is 2.30. The number of hydrogen-bond donors (Lipinski definition) is 0. The Bertz CT molecular complexity index is 423. The highest BCUT2D eigenvalue weighted by molar-refractivity contribution is 6.35. The Kier molecular flexibility index (Phi) is 4.97. The summed E-state index contributed by atoms with van der Waals surface area (Å²) in [5.41, 5.74) is 0.402. The van der Waals surface area contributed by atoms with Crippen LogP contribution in [0, 0.1) is 5.92 Å². The Morgan fingerprint density at radius 3 is 2.24 bits per heavy atom. The summed E-state index contributed by atoms with van der Waals surface area (Å²) in [5.74, 6) is -1.06. The molecule has 0 amide bonds. The fraction of sp³-hybridized carbons (Fsp3) is 0.333. The van der Waals surface area contributed by atoms with E-state index in [1.165, 1.54) is 19.2 Å². The first-order valence-corrected chi connectivity index (χ1v) is 5.76. The summed E-state index contributed by atoms with van der Waals surface area (Å²) < 4.78 is 4.51. The molecule has 0 bridgehead atoms. The van der Waals surface area contributed by atoms with Crippen LogP contribution in [-0.2, 0) is 9.53 Å². The molecular weight excluding hydrogens is 263 g/mol. The SMILES string of the molecule is COC(=O)CC(C)C(=O)c1cc(Cl)cc(Cl)c1. The third-order valence-corrected chi connectivity index (χ3v) is 2.73. The summed E-state index contributed by atoms with van der Waals surface area (Å²) in [5, 5.41) is 0.789. The molecule has 0 saturated carbocycles. The molecule has 17 heavy (non-hydrogen) atoms. The molecule has 1 rings (SSSR count). The Labute approximate surface area is 110 Å². The van der Waals surface area contributed by atoms with Gasteiger partial charge in [0.05, 0.1) is 13.5 Å². The number of ketones is 1. The van der Waals surface area contributed by atoms with Gasteiger partial charge in [-0.05, 0) is 18.2 Å². The number of esters is 1. The average molecular weight is 275 g/mol. The monoisotopic (exact) mass is 274 g/mol. The van der Waals surface area contributed by atoms with Crippen molar-refractivity contribution < 1.29 is 14.3 Å². The molecule has 0 radical (unpaired) electrons. The van der Waals surface area contributed by atoms with Crippen molar-refractivity contribution in [2.45, 2.75) is 13.3 Å². The molecule has 5 heteroatoms. The zero-order valence-corrected chi connectivity index (χ0v) is 11.0. The van der Waals surface area contributed by atoms with E-state index in [1.54, 1.807) is 13.0 Å². The highest BCUT2D eigenvalue weighted by Crippen LogP contribution is 2.22. The number of carbonyl (C=O) groups is 2. The molecule has 0 saturated heterocycles. The van der Waals surface area contributed by atoms with E-state index in [2.05, 4.69) is 4.74 Å². The smallest absolute Gasteiger partial charge is 0.306 e. The minimum absolute atomic E-state index is 0.0411. The van der Waals surface area contributed by atoms with Crippen LogP contribution >= 0.6 is 23.2 Å². The maximum atomic E-state index is 12.0. The number of hydrogen-bond acceptors (Lipinski definition) is 3. The van der Waals surface area contributed by atoms with Crippen molar-refractivity contribution in [1.82, 2.24) is 0 Å². The molecule has 0 aliphatic heterocycles. The molecule has 0 aliphatic carbocycles. The van der Waals surface area contributed by atoms with Crippen LogP contribution in [0.2, 0.25) is 10.0 Å². The van der Waals surface area contributed by atoms with Crippen LogP contribution in [0.4, 0.5) is 0 Å². The van der Waals surface area contributed by atoms with Crippen LogP contribution in [0.5, 0.6) is 0 Å². The van der Waals surface area contributed by atoms with Gasteiger partial charge in [-0.1, -0.05) is 30.1 Å². The largest absolute Gasteiger partial charge is 0.469 e. The lowest BCUT2D eigenvalue weighted by Gasteiger charge is -2.09. The summed E-state index contributed by atoms with van der Waals surface area (Å²) >= 11 is 11.6. The van der Waals surface area contributed by atoms with E-state index in [1.807, 2.05) is 0 Å². The third kappa shape index (κ3) is 4.02. The maximum absolute atomic E-state index is 12.0. The maximum Gasteiger partial charge on any atom is 0.306 e. The highest BCUT2D eigenvalue weighted by Gasteiger charge is 2.19. The summed E-state index contributed by atoms with van der Waals surface area (Å²) in [7, 11) is 1.29. The van der Waals surface area contributed by atoms with Gasteiger partial charge in [0.15, 0.2) is 5.78 Å². The number of halogens is 2. The standard InChI is InChI=1S/C12H12Cl2O3/c1-7(3-11(15)17-2)12(16)8-4-9(13)6-10(14)5-8/h4-7H,3H2,1-2H3. The minimum Gasteiger partial charge on any atom is -0.469 e. The Morgan fingerprint density at radius 1 is 1.24 bits per heavy atom. The normalized spacial score (nSPS) is 12.0. The van der Waals surface area contributed by atoms with Crippen LogP contribution in [0.25, 0.3) is 0 Å². The zero-order chi connectivity index (χ0) is 13.0. The van der Waals surface area contributed by atoms with E-state index in [4.69, 9.17) is 23.2 Å². The first kappa shape index (κ1) is 14.0. The summed E-state index contributed by atoms with van der Waals surface area (Å²) in [6.45, 7) is 1.66. The number of benzene rings is 1. The molecule has 0 fully saturated rings. The van der Waals surface area contributed by atoms with Gasteiger partial charge < -0.3 is 4.74 Å². The van der Waals surface area contributed by atoms with E-state index in [0.29, 0.717) is 15.6 Å². The van der Waals surface area contributed by atoms with Gasteiger partial charge in [0.1, 0.15) is 0 Å². The van der Waals surface area contributed by atoms with Crippen molar-refractivity contribution in [2.75, 3.05) is 7.11 Å². The van der Waals surface area contributed by atoms with E-state index in [-0.39, 0.29) is 12.2 Å². The van der Waals surface area contributed by atoms with Gasteiger partial charge in [-0.3, -0.25) is 9.59 Å². The van der Waals surface area contributed by atoms with Gasteiger partial charge in [0.2, 0.25) is 0 Å². The second-order valence-corrected chi connectivity index (χ2v) is 4.58. The summed E-state index contributed by atoms with van der Waals surface area (Å²) in [6, 6.07) is 4.61. The number of methoxy groups -OCH3 is 1. The number of rotatable bonds is 4. The van der Waals surface area contributed by atoms with Gasteiger partial charge in [-0.25, -0.2) is 0 Å². The van der Waals surface area contributed by atoms with Gasteiger partial charge in [-0.2, -0.15) is 0 Å². The van der Waals surface area contributed by atoms with E-state index in [0.717, 1.165) is 0 Å². The number of Topliss-reactive ketones (excluding diaryl/α,β-unsaturated/α-hetero) is 1. The molecule has 0 aromatic heterocycles. The van der Waals surface area contributed by atoms with Crippen molar-refractivity contribution in [3.05, 3.63) is 33.8 Å². The van der Waals surface area contributed by atoms with Gasteiger partial charge >= 0.3 is 5.97 Å². The molecule has 0 N–H and O–H groups in total. The van der Waals surface area contributed by atoms with Crippen molar-refractivity contribution >= 4 is 35.0 Å². The average Bonchev–Trinajstić information content (AvgIpc) is 2.26. The van der Waals surface area contributed by atoms with Crippen LogP contribution < -0.4 is 0 Å². The van der Waals surface area contributed by atoms with Crippen molar-refractivity contribution in [3.8, 4) is 0 Å². The second-order valence-electron chi connectivity index (χ2n) is 3.70. The number of ether oxygens (including phenoxy) is 1. The van der Waals surface area contributed by atoms with Gasteiger partial charge in [0, 0.05) is 21.5 Å². The van der Waals surface area contributed by atoms with Crippen LogP contribution in [0.15, 0.2) is 18.2 Å². The molecule has 0 aliphatic rings. The predicted octanol–water partition coefficient (Wildman–Crippen LogP) is 3.38. The molecule has 1 atom stereocenters. The fourth-order valence-corrected chi connectivity index (χ4v) is 1.93. The molecule has 0 spiro atoms.